The molecule has 1 aromatic rings. The largest absolute Gasteiger partial charge is 0.447 e. The maximum absolute atomic E-state index is 12.0. The quantitative estimate of drug-likeness (QED) is 0.837. The molecule has 0 atom stereocenters. The molecule has 0 bridgehead atoms. The van der Waals surface area contributed by atoms with Crippen LogP contribution in [0.4, 0.5) is 31.3 Å². The molecule has 0 saturated heterocycles. The van der Waals surface area contributed by atoms with Crippen molar-refractivity contribution < 1.29 is 31.1 Å². The fourth-order valence-corrected chi connectivity index (χ4v) is 1.30. The molecule has 0 aliphatic heterocycles. The molecule has 1 heterocycles. The number of aromatic nitrogens is 1. The lowest BCUT2D eigenvalue weighted by Gasteiger charge is -2.22. The smallest absolute Gasteiger partial charge is 0.434 e. The second-order valence-electron chi connectivity index (χ2n) is 2.61. The number of nitrogens with zero attached hydrogens (tertiary/aromatic N) is 1. The summed E-state index contributed by atoms with van der Waals surface area (Å²) in [6.07, 6.45) is -14.1. The number of halogens is 6. The number of anilines is 1. The summed E-state index contributed by atoms with van der Waals surface area (Å²) in [5.74, 6) is 0. The third kappa shape index (κ3) is 3.15. The molecule has 0 fully saturated rings. The van der Waals surface area contributed by atoms with Crippen molar-refractivity contribution >= 4 is 16.3 Å². The summed E-state index contributed by atoms with van der Waals surface area (Å²) >= 11 is 0.393. The van der Waals surface area contributed by atoms with Crippen molar-refractivity contribution in [1.29, 1.82) is 0 Å². The van der Waals surface area contributed by atoms with Crippen LogP contribution in [0.25, 0.3) is 0 Å². The summed E-state index contributed by atoms with van der Waals surface area (Å²) in [5, 5.41) is -0.824. The number of thiazole rings is 1. The van der Waals surface area contributed by atoms with Crippen molar-refractivity contribution in [2.45, 2.75) is 18.5 Å². The Bertz CT molecular complexity index is 345. The van der Waals surface area contributed by atoms with E-state index in [0.717, 1.165) is 6.20 Å². The minimum absolute atomic E-state index is 0.0434. The topological polar surface area (TPSA) is 48.1 Å². The summed E-state index contributed by atoms with van der Waals surface area (Å²) in [4.78, 5) is 3.15. The second kappa shape index (κ2) is 4.00. The van der Waals surface area contributed by atoms with Crippen molar-refractivity contribution in [1.82, 2.24) is 4.98 Å². The monoisotopic (exact) mass is 266 g/mol. The number of hydrogen-bond acceptors (Lipinski definition) is 4. The highest BCUT2D eigenvalue weighted by Crippen LogP contribution is 2.37. The van der Waals surface area contributed by atoms with Gasteiger partial charge in [0.25, 0.3) is 11.3 Å². The molecule has 1 aromatic heterocycles. The lowest BCUT2D eigenvalue weighted by atomic mass is 10.3. The van der Waals surface area contributed by atoms with Crippen molar-refractivity contribution in [3.8, 4) is 5.19 Å². The van der Waals surface area contributed by atoms with Crippen molar-refractivity contribution in [3.63, 3.8) is 0 Å². The molecule has 2 N–H and O–H groups in total. The van der Waals surface area contributed by atoms with Gasteiger partial charge in [0.05, 0.1) is 6.20 Å². The number of ether oxygens (including phenoxy) is 1. The zero-order valence-electron chi connectivity index (χ0n) is 7.26. The molecule has 0 unspecified atom stereocenters. The van der Waals surface area contributed by atoms with E-state index in [0.29, 0.717) is 11.3 Å². The predicted octanol–water partition coefficient (Wildman–Crippen LogP) is 2.60. The van der Waals surface area contributed by atoms with Crippen LogP contribution in [0.1, 0.15) is 0 Å². The highest BCUT2D eigenvalue weighted by Gasteiger charge is 2.59. The van der Waals surface area contributed by atoms with Crippen LogP contribution in [0.2, 0.25) is 0 Å². The van der Waals surface area contributed by atoms with Gasteiger partial charge in [-0.2, -0.15) is 26.3 Å². The van der Waals surface area contributed by atoms with E-state index in [4.69, 9.17) is 5.73 Å². The Kier molecular flexibility index (Phi) is 3.22. The summed E-state index contributed by atoms with van der Waals surface area (Å²) < 4.78 is 75.8. The average molecular weight is 266 g/mol. The first kappa shape index (κ1) is 12.9. The zero-order chi connectivity index (χ0) is 12.6. The Morgan fingerprint density at radius 3 is 2.00 bits per heavy atom. The molecule has 0 radical (unpaired) electrons. The third-order valence-electron chi connectivity index (χ3n) is 1.32. The molecule has 0 aliphatic rings. The van der Waals surface area contributed by atoms with Crippen molar-refractivity contribution in [3.05, 3.63) is 6.20 Å². The molecular formula is C6H4F6N2OS. The molecule has 92 valence electrons. The van der Waals surface area contributed by atoms with E-state index in [1.165, 1.54) is 0 Å². The van der Waals surface area contributed by atoms with Crippen molar-refractivity contribution in [2.24, 2.45) is 0 Å². The summed E-state index contributed by atoms with van der Waals surface area (Å²) in [5.41, 5.74) is 5.09. The zero-order valence-corrected chi connectivity index (χ0v) is 8.08. The Labute approximate surface area is 88.8 Å². The Morgan fingerprint density at radius 2 is 1.69 bits per heavy atom. The van der Waals surface area contributed by atoms with Crippen LogP contribution in [-0.2, 0) is 0 Å². The molecule has 0 saturated carbocycles. The summed E-state index contributed by atoms with van der Waals surface area (Å²) in [7, 11) is 0. The van der Waals surface area contributed by atoms with E-state index < -0.39 is 23.7 Å². The second-order valence-corrected chi connectivity index (χ2v) is 3.63. The summed E-state index contributed by atoms with van der Waals surface area (Å²) in [6.45, 7) is 0. The first-order chi connectivity index (χ1) is 7.10. The van der Waals surface area contributed by atoms with Crippen LogP contribution in [0.5, 0.6) is 5.19 Å². The normalized spacial score (nSPS) is 13.2. The van der Waals surface area contributed by atoms with Crippen LogP contribution in [-0.4, -0.2) is 23.4 Å². The van der Waals surface area contributed by atoms with Crippen LogP contribution in [0.3, 0.4) is 0 Å². The molecule has 0 amide bonds. The number of alkyl halides is 6. The molecule has 0 aliphatic carbocycles. The molecule has 16 heavy (non-hydrogen) atoms. The number of rotatable bonds is 2. The van der Waals surface area contributed by atoms with Gasteiger partial charge in [0, 0.05) is 0 Å². The van der Waals surface area contributed by atoms with Gasteiger partial charge in [-0.1, -0.05) is 11.3 Å². The van der Waals surface area contributed by atoms with Gasteiger partial charge in [0.2, 0.25) is 0 Å². The van der Waals surface area contributed by atoms with Crippen LogP contribution in [0, 0.1) is 0 Å². The van der Waals surface area contributed by atoms with Gasteiger partial charge < -0.3 is 10.5 Å². The van der Waals surface area contributed by atoms with Gasteiger partial charge in [0.1, 0.15) is 5.00 Å². The van der Waals surface area contributed by atoms with E-state index in [1.54, 1.807) is 0 Å². The molecule has 0 spiro atoms. The molecule has 10 heteroatoms. The van der Waals surface area contributed by atoms with E-state index in [1.807, 2.05) is 0 Å². The minimum atomic E-state index is -5.56. The first-order valence-corrected chi connectivity index (χ1v) is 4.43. The Balaban J connectivity index is 2.88. The minimum Gasteiger partial charge on any atom is -0.447 e. The summed E-state index contributed by atoms with van der Waals surface area (Å²) in [6, 6.07) is 0. The first-order valence-electron chi connectivity index (χ1n) is 3.62. The number of nitrogens with two attached hydrogens (primary N) is 1. The van der Waals surface area contributed by atoms with Gasteiger partial charge in [-0.15, -0.1) is 0 Å². The molecule has 3 nitrogen and oxygen atoms in total. The van der Waals surface area contributed by atoms with Crippen LogP contribution < -0.4 is 10.5 Å². The average Bonchev–Trinajstić information content (AvgIpc) is 2.43. The molecule has 0 aromatic carbocycles. The predicted molar refractivity (Wildman–Crippen MR) is 43.1 cm³/mol. The van der Waals surface area contributed by atoms with Gasteiger partial charge in [-0.3, -0.25) is 0 Å². The highest BCUT2D eigenvalue weighted by atomic mass is 32.1. The van der Waals surface area contributed by atoms with Gasteiger partial charge in [0.15, 0.2) is 0 Å². The van der Waals surface area contributed by atoms with Crippen LogP contribution in [0.15, 0.2) is 6.20 Å². The lowest BCUT2D eigenvalue weighted by Crippen LogP contribution is -2.46. The van der Waals surface area contributed by atoms with Gasteiger partial charge in [-0.25, -0.2) is 4.98 Å². The van der Waals surface area contributed by atoms with E-state index in [2.05, 4.69) is 9.72 Å². The molecular weight excluding hydrogens is 262 g/mol. The van der Waals surface area contributed by atoms with Crippen molar-refractivity contribution in [2.75, 3.05) is 5.73 Å². The standard InChI is InChI=1S/C6H4F6N2OS/c7-5(8,9)3(6(10,11)12)15-4-14-1-2(13)16-4/h1,3H,13H2. The SMILES string of the molecule is Nc1cnc(OC(C(F)(F)F)C(F)(F)F)s1. The Morgan fingerprint density at radius 1 is 1.19 bits per heavy atom. The lowest BCUT2D eigenvalue weighted by molar-refractivity contribution is -0.299. The van der Waals surface area contributed by atoms with Gasteiger partial charge in [-0.05, 0) is 0 Å². The fourth-order valence-electron chi connectivity index (χ4n) is 0.744. The Hall–Kier alpha value is -1.19. The fraction of sp³-hybridized carbons (Fsp3) is 0.500. The van der Waals surface area contributed by atoms with E-state index in [9.17, 15) is 26.3 Å². The number of hydrogen-bond donors (Lipinski definition) is 1. The van der Waals surface area contributed by atoms with Gasteiger partial charge >= 0.3 is 12.4 Å². The maximum atomic E-state index is 12.0. The van der Waals surface area contributed by atoms with E-state index in [-0.39, 0.29) is 5.00 Å². The maximum Gasteiger partial charge on any atom is 0.434 e. The van der Waals surface area contributed by atoms with E-state index >= 15 is 0 Å². The number of nitrogen functional groups attached to an aromatic ring is 1. The third-order valence-corrected chi connectivity index (χ3v) is 2.03. The van der Waals surface area contributed by atoms with Crippen LogP contribution >= 0.6 is 11.3 Å². The highest BCUT2D eigenvalue weighted by molar-refractivity contribution is 7.17. The molecule has 1 rings (SSSR count).